The predicted molar refractivity (Wildman–Crippen MR) is 84.0 cm³/mol. The van der Waals surface area contributed by atoms with Gasteiger partial charge < -0.3 is 20.9 Å². The molecule has 0 aliphatic carbocycles. The van der Waals surface area contributed by atoms with Crippen molar-refractivity contribution in [2.45, 2.75) is 18.9 Å². The number of nitrogens with one attached hydrogen (secondary N) is 2. The van der Waals surface area contributed by atoms with Crippen LogP contribution in [-0.2, 0) is 11.2 Å². The molecule has 0 unspecified atom stereocenters. The summed E-state index contributed by atoms with van der Waals surface area (Å²) in [5, 5.41) is 4.45. The number of nitrogens with two attached hydrogens (primary N) is 1. The van der Waals surface area contributed by atoms with Crippen LogP contribution in [0, 0.1) is 0 Å². The van der Waals surface area contributed by atoms with Crippen molar-refractivity contribution in [3.63, 3.8) is 0 Å². The van der Waals surface area contributed by atoms with E-state index in [4.69, 9.17) is 5.73 Å². The Morgan fingerprint density at radius 3 is 3.05 bits per heavy atom. The molecule has 1 fully saturated rings. The maximum Gasteiger partial charge on any atom is 0.239 e. The zero-order chi connectivity index (χ0) is 14.7. The number of aromatic amines is 1. The van der Waals surface area contributed by atoms with Gasteiger partial charge in [-0.2, -0.15) is 0 Å². The number of rotatable bonds is 3. The third kappa shape index (κ3) is 3.09. The molecule has 1 aromatic carbocycles. The highest BCUT2D eigenvalue weighted by Gasteiger charge is 2.22. The second kappa shape index (κ2) is 6.28. The van der Waals surface area contributed by atoms with E-state index in [1.807, 2.05) is 29.3 Å². The number of carbonyl (C=O) groups is 1. The minimum absolute atomic E-state index is 0.0592. The SMILES string of the molecule is N[C@H](Cc1c[nH]c2ccccc12)C(=O)N1CCCNCC1. The van der Waals surface area contributed by atoms with Crippen molar-refractivity contribution in [3.05, 3.63) is 36.0 Å². The molecule has 0 radical (unpaired) electrons. The van der Waals surface area contributed by atoms with E-state index in [2.05, 4.69) is 16.4 Å². The van der Waals surface area contributed by atoms with E-state index in [9.17, 15) is 4.79 Å². The molecule has 5 heteroatoms. The number of amides is 1. The molecule has 0 spiro atoms. The number of aromatic nitrogens is 1. The van der Waals surface area contributed by atoms with Crippen molar-refractivity contribution >= 4 is 16.8 Å². The smallest absolute Gasteiger partial charge is 0.239 e. The molecule has 1 atom stereocenters. The number of H-pyrrole nitrogens is 1. The van der Waals surface area contributed by atoms with Crippen molar-refractivity contribution in [1.29, 1.82) is 0 Å². The summed E-state index contributed by atoms with van der Waals surface area (Å²) in [5.41, 5.74) is 8.36. The van der Waals surface area contributed by atoms with E-state index in [1.165, 1.54) is 0 Å². The molecule has 1 saturated heterocycles. The quantitative estimate of drug-likeness (QED) is 0.783. The number of fused-ring (bicyclic) bond motifs is 1. The van der Waals surface area contributed by atoms with Gasteiger partial charge in [-0.05, 0) is 31.0 Å². The Hall–Kier alpha value is -1.85. The van der Waals surface area contributed by atoms with Gasteiger partial charge in [-0.3, -0.25) is 4.79 Å². The standard InChI is InChI=1S/C16H22N4O/c17-14(16(21)20-8-3-6-18-7-9-20)10-12-11-19-15-5-2-1-4-13(12)15/h1-2,4-5,11,14,18-19H,3,6-10,17H2/t14-/m1/s1. The van der Waals surface area contributed by atoms with E-state index in [0.29, 0.717) is 6.42 Å². The molecule has 112 valence electrons. The van der Waals surface area contributed by atoms with E-state index >= 15 is 0 Å². The fraction of sp³-hybridized carbons (Fsp3) is 0.438. The Morgan fingerprint density at radius 2 is 2.14 bits per heavy atom. The first kappa shape index (κ1) is 14.1. The summed E-state index contributed by atoms with van der Waals surface area (Å²) in [6, 6.07) is 7.63. The molecule has 2 heterocycles. The van der Waals surface area contributed by atoms with Gasteiger partial charge in [-0.25, -0.2) is 0 Å². The number of para-hydroxylation sites is 1. The molecule has 5 nitrogen and oxygen atoms in total. The molecule has 21 heavy (non-hydrogen) atoms. The lowest BCUT2D eigenvalue weighted by Crippen LogP contribution is -2.46. The molecule has 2 aromatic rings. The lowest BCUT2D eigenvalue weighted by atomic mass is 10.0. The fourth-order valence-electron chi connectivity index (χ4n) is 2.93. The maximum absolute atomic E-state index is 12.5. The van der Waals surface area contributed by atoms with Gasteiger partial charge in [0.2, 0.25) is 5.91 Å². The van der Waals surface area contributed by atoms with E-state index in [-0.39, 0.29) is 5.91 Å². The van der Waals surface area contributed by atoms with Gasteiger partial charge in [0.1, 0.15) is 0 Å². The average molecular weight is 286 g/mol. The first-order valence-corrected chi connectivity index (χ1v) is 7.56. The molecule has 1 aliphatic heterocycles. The van der Waals surface area contributed by atoms with Crippen molar-refractivity contribution in [3.8, 4) is 0 Å². The van der Waals surface area contributed by atoms with E-state index in [0.717, 1.165) is 49.1 Å². The molecule has 0 saturated carbocycles. The van der Waals surface area contributed by atoms with Crippen molar-refractivity contribution in [2.24, 2.45) is 5.73 Å². The number of hydrogen-bond acceptors (Lipinski definition) is 3. The molecule has 1 aliphatic rings. The molecule has 1 aromatic heterocycles. The number of hydrogen-bond donors (Lipinski definition) is 3. The monoisotopic (exact) mass is 286 g/mol. The van der Waals surface area contributed by atoms with Crippen molar-refractivity contribution in [2.75, 3.05) is 26.2 Å². The van der Waals surface area contributed by atoms with Crippen LogP contribution >= 0.6 is 0 Å². The summed E-state index contributed by atoms with van der Waals surface area (Å²) < 4.78 is 0. The minimum Gasteiger partial charge on any atom is -0.361 e. The van der Waals surface area contributed by atoms with Crippen LogP contribution in [0.15, 0.2) is 30.5 Å². The van der Waals surface area contributed by atoms with Gasteiger partial charge in [0.05, 0.1) is 6.04 Å². The Labute approximate surface area is 124 Å². The Kier molecular flexibility index (Phi) is 4.22. The predicted octanol–water partition coefficient (Wildman–Crippen LogP) is 0.860. The second-order valence-corrected chi connectivity index (χ2v) is 5.60. The second-order valence-electron chi connectivity index (χ2n) is 5.60. The summed E-state index contributed by atoms with van der Waals surface area (Å²) in [6.07, 6.45) is 3.53. The van der Waals surface area contributed by atoms with Gasteiger partial charge >= 0.3 is 0 Å². The Bertz CT molecular complexity index is 614. The Morgan fingerprint density at radius 1 is 1.29 bits per heavy atom. The van der Waals surface area contributed by atoms with Crippen LogP contribution in [0.4, 0.5) is 0 Å². The first-order chi connectivity index (χ1) is 10.3. The highest BCUT2D eigenvalue weighted by molar-refractivity contribution is 5.86. The largest absolute Gasteiger partial charge is 0.361 e. The van der Waals surface area contributed by atoms with Crippen LogP contribution in [-0.4, -0.2) is 48.0 Å². The lowest BCUT2D eigenvalue weighted by molar-refractivity contribution is -0.132. The highest BCUT2D eigenvalue weighted by atomic mass is 16.2. The fourth-order valence-corrected chi connectivity index (χ4v) is 2.93. The molecule has 1 amide bonds. The third-order valence-corrected chi connectivity index (χ3v) is 4.08. The maximum atomic E-state index is 12.5. The Balaban J connectivity index is 1.70. The molecular weight excluding hydrogens is 264 g/mol. The summed E-state index contributed by atoms with van der Waals surface area (Å²) in [7, 11) is 0. The zero-order valence-electron chi connectivity index (χ0n) is 12.1. The molecule has 4 N–H and O–H groups in total. The molecule has 0 bridgehead atoms. The van der Waals surface area contributed by atoms with Gasteiger partial charge in [-0.15, -0.1) is 0 Å². The van der Waals surface area contributed by atoms with Gasteiger partial charge in [0.15, 0.2) is 0 Å². The number of nitrogens with zero attached hydrogens (tertiary/aromatic N) is 1. The topological polar surface area (TPSA) is 74.2 Å². The third-order valence-electron chi connectivity index (χ3n) is 4.08. The zero-order valence-corrected chi connectivity index (χ0v) is 12.1. The van der Waals surface area contributed by atoms with E-state index < -0.39 is 6.04 Å². The number of carbonyl (C=O) groups excluding carboxylic acids is 1. The summed E-state index contributed by atoms with van der Waals surface area (Å²) in [5.74, 6) is 0.0592. The van der Waals surface area contributed by atoms with Gasteiger partial charge in [0.25, 0.3) is 0 Å². The van der Waals surface area contributed by atoms with Crippen molar-refractivity contribution < 1.29 is 4.79 Å². The van der Waals surface area contributed by atoms with Crippen molar-refractivity contribution in [1.82, 2.24) is 15.2 Å². The van der Waals surface area contributed by atoms with Crippen LogP contribution in [0.2, 0.25) is 0 Å². The van der Waals surface area contributed by atoms with Crippen LogP contribution in [0.3, 0.4) is 0 Å². The highest BCUT2D eigenvalue weighted by Crippen LogP contribution is 2.19. The number of benzene rings is 1. The van der Waals surface area contributed by atoms with Gasteiger partial charge in [-0.1, -0.05) is 18.2 Å². The average Bonchev–Trinajstić information content (AvgIpc) is 2.74. The molecule has 3 rings (SSSR count). The lowest BCUT2D eigenvalue weighted by Gasteiger charge is -2.23. The molecular formula is C16H22N4O. The van der Waals surface area contributed by atoms with Gasteiger partial charge in [0, 0.05) is 36.7 Å². The normalized spacial score (nSPS) is 17.7. The summed E-state index contributed by atoms with van der Waals surface area (Å²) >= 11 is 0. The first-order valence-electron chi connectivity index (χ1n) is 7.56. The van der Waals surface area contributed by atoms with Crippen LogP contribution in [0.1, 0.15) is 12.0 Å². The van der Waals surface area contributed by atoms with E-state index in [1.54, 1.807) is 0 Å². The van der Waals surface area contributed by atoms with Crippen LogP contribution in [0.5, 0.6) is 0 Å². The summed E-state index contributed by atoms with van der Waals surface area (Å²) in [6.45, 7) is 3.38. The van der Waals surface area contributed by atoms with Crippen LogP contribution < -0.4 is 11.1 Å². The summed E-state index contributed by atoms with van der Waals surface area (Å²) in [4.78, 5) is 17.6. The minimum atomic E-state index is -0.470. The van der Waals surface area contributed by atoms with Crippen LogP contribution in [0.25, 0.3) is 10.9 Å².